The van der Waals surface area contributed by atoms with Gasteiger partial charge in [-0.3, -0.25) is 29.2 Å². The zero-order chi connectivity index (χ0) is 88.7. The van der Waals surface area contributed by atoms with Gasteiger partial charge < -0.3 is 51.7 Å². The van der Waals surface area contributed by atoms with Crippen LogP contribution in [0.5, 0.6) is 0 Å². The number of piperidine rings is 4. The van der Waals surface area contributed by atoms with Gasteiger partial charge in [-0.25, -0.2) is 56.3 Å². The molecular weight excluding hydrogens is 1660 g/mol. The summed E-state index contributed by atoms with van der Waals surface area (Å²) in [6, 6.07) is 20.7. The van der Waals surface area contributed by atoms with Gasteiger partial charge in [0.2, 0.25) is 31.9 Å². The number of carbonyl (C=O) groups excluding carboxylic acids is 2. The third kappa shape index (κ3) is 21.0. The molecule has 23 nitrogen and oxygen atoms in total. The van der Waals surface area contributed by atoms with Gasteiger partial charge >= 0.3 is 0 Å². The Morgan fingerprint density at radius 3 is 0.992 bits per heavy atom. The summed E-state index contributed by atoms with van der Waals surface area (Å²) in [7, 11) is -6.81. The van der Waals surface area contributed by atoms with Gasteiger partial charge in [0, 0.05) is 136 Å². The van der Waals surface area contributed by atoms with E-state index in [9.17, 15) is 61.5 Å². The van der Waals surface area contributed by atoms with E-state index in [1.807, 2.05) is 11.0 Å². The molecule has 4 spiro atoms. The van der Waals surface area contributed by atoms with Crippen LogP contribution < -0.4 is 22.9 Å². The Morgan fingerprint density at radius 2 is 0.696 bits per heavy atom. The van der Waals surface area contributed by atoms with Crippen LogP contribution in [-0.2, 0) is 48.6 Å². The lowest BCUT2D eigenvalue weighted by Gasteiger charge is -2.45. The topological polar surface area (TPSA) is 293 Å². The molecule has 0 bridgehead atoms. The molecule has 684 valence electrons. The number of halogens is 8. The number of likely N-dealkylation sites (tertiary alicyclic amines) is 6. The first-order chi connectivity index (χ1) is 59.6. The first kappa shape index (κ1) is 93.0. The lowest BCUT2D eigenvalue weighted by Crippen LogP contribution is -2.53. The molecule has 2 amide bonds. The fraction of sp³-hybridized carbons (Fsp3) is 0.641. The van der Waals surface area contributed by atoms with Crippen LogP contribution in [-0.4, -0.2) is 251 Å². The van der Waals surface area contributed by atoms with Gasteiger partial charge in [0.1, 0.15) is 71.0 Å². The molecule has 1 saturated carbocycles. The SMILES string of the molecule is CC(=O)N1CCC2(CCN([C@H]3CO[C@H](c4cc(F)ccc4F)[C@@H](N)C3)CC2)C1.CC(C)S(=O)(=O)N1CCC2(CCN([C@H]3CO[C@H](c4cc(F)ccc4F)[C@@H](N)C3)CC2)C1.N#Cc1ccc(S(=O)(=O)N2CCC3(CCN([C@H]4CO[C@H](c5cc(F)ccc5F)[C@@H](N)C4)CC3)C2)cc1.N[C@H]1C[C@@H](N2CCC3(CCN(C(=O)C4CC4)C3)CC2)CO[C@@H]1c1cc(F)ccc1F. The minimum Gasteiger partial charge on any atom is -0.370 e. The predicted octanol–water partition coefficient (Wildman–Crippen LogP) is 11.1. The number of nitrogens with zero attached hydrogens (tertiary/aromatic N) is 9. The van der Waals surface area contributed by atoms with E-state index in [-0.39, 0.29) is 96.2 Å². The molecule has 0 radical (unpaired) electrons. The zero-order valence-electron chi connectivity index (χ0n) is 71.9. The highest BCUT2D eigenvalue weighted by Crippen LogP contribution is 2.49. The van der Waals surface area contributed by atoms with Crippen molar-refractivity contribution < 1.29 is 80.5 Å². The minimum atomic E-state index is -3.60. The van der Waals surface area contributed by atoms with Crippen molar-refractivity contribution in [3.05, 3.63) is 171 Å². The zero-order valence-corrected chi connectivity index (χ0v) is 73.6. The molecular formula is C92H123F8N13O10S2. The molecule has 1 aliphatic carbocycles. The summed E-state index contributed by atoms with van der Waals surface area (Å²) in [5.74, 6) is -3.09. The second kappa shape index (κ2) is 38.8. The Hall–Kier alpha value is -6.69. The summed E-state index contributed by atoms with van der Waals surface area (Å²) in [4.78, 5) is 37.9. The smallest absolute Gasteiger partial charge is 0.243 e. The molecule has 8 N–H and O–H groups in total. The van der Waals surface area contributed by atoms with Crippen LogP contribution in [0.1, 0.15) is 189 Å². The number of nitrogens with two attached hydrogens (primary N) is 4. The first-order valence-electron chi connectivity index (χ1n) is 44.9. The fourth-order valence-corrected chi connectivity index (χ4v) is 24.9. The lowest BCUT2D eigenvalue weighted by molar-refractivity contribution is -0.132. The summed E-state index contributed by atoms with van der Waals surface area (Å²) in [5, 5.41) is 8.58. The van der Waals surface area contributed by atoms with Crippen LogP contribution in [0.3, 0.4) is 0 Å². The highest BCUT2D eigenvalue weighted by atomic mass is 32.2. The van der Waals surface area contributed by atoms with Gasteiger partial charge in [0.05, 0.1) is 48.2 Å². The number of rotatable bonds is 13. The Kier molecular flexibility index (Phi) is 28.8. The minimum absolute atomic E-state index is 0.0545. The molecule has 5 aromatic rings. The number of sulfonamides is 2. The van der Waals surface area contributed by atoms with Crippen molar-refractivity contribution in [1.29, 1.82) is 5.26 Å². The molecule has 5 aromatic carbocycles. The van der Waals surface area contributed by atoms with E-state index in [0.29, 0.717) is 95.7 Å². The molecule has 33 heteroatoms. The van der Waals surface area contributed by atoms with Gasteiger partial charge in [-0.05, 0) is 301 Å². The number of amides is 2. The Morgan fingerprint density at radius 1 is 0.408 bits per heavy atom. The number of benzene rings is 5. The van der Waals surface area contributed by atoms with Crippen LogP contribution in [0, 0.1) is 85.4 Å². The second-order valence-corrected chi connectivity index (χ2v) is 42.8. The van der Waals surface area contributed by atoms with Gasteiger partial charge in [-0.1, -0.05) is 0 Å². The van der Waals surface area contributed by atoms with Crippen LogP contribution in [0.4, 0.5) is 35.1 Å². The van der Waals surface area contributed by atoms with Crippen molar-refractivity contribution in [2.24, 2.45) is 50.5 Å². The summed E-state index contributed by atoms with van der Waals surface area (Å²) in [5.41, 5.74) is 27.0. The highest BCUT2D eigenvalue weighted by molar-refractivity contribution is 7.89. The molecule has 0 unspecified atom stereocenters. The largest absolute Gasteiger partial charge is 0.370 e. The average Bonchev–Trinajstić information content (AvgIpc) is 1.66. The third-order valence-electron chi connectivity index (χ3n) is 30.1. The number of hydrogen-bond donors (Lipinski definition) is 4. The standard InChI is InChI=1S/C26H30F2N4O3S.C23H31F2N3O2.C22H33F2N3O3S.C21H29F2N3O2/c27-19-3-6-23(28)22(13-19)25-24(30)14-20(16-35-25)31-10-7-26(8-11-31)9-12-32(17-26)36(33,34)21-4-1-18(15-29)2-5-21;24-16-3-4-19(25)18(11-16)21-20(26)12-17(13-30-21)27-8-5-23(6-9-27)7-10-28(14-23)22(29)15-1-2-15;1-15(2)31(28,29)27-10-7-22(14-27)5-8-26(9-6-22)17-12-20(25)21(30-13-17)18-11-16(23)3-4-19(18)24;1-14(27)26-9-6-21(13-26)4-7-25(8-5-21)16-11-19(24)20(28-12-16)17-10-15(22)2-3-18(17)23/h1-6,13,20,24-25H,7-12,14,16-17,30H2;3-4,11,15,17,20-21H,1-2,5-10,12-14,26H2;3-4,11,15,17,20-21H,5-10,12-14,25H2,1-2H3;2-3,10,16,19-20H,4-9,11-13,24H2,1H3/t20-,24+,25-;2*17-,20+,21-;16-,19+,20-/m1111/s1. The van der Waals surface area contributed by atoms with E-state index >= 15 is 0 Å². The molecule has 12 aliphatic heterocycles. The molecule has 12 atom stereocenters. The van der Waals surface area contributed by atoms with Gasteiger partial charge in [0.15, 0.2) is 0 Å². The molecule has 13 fully saturated rings. The van der Waals surface area contributed by atoms with Crippen LogP contribution in [0.15, 0.2) is 102 Å². The average molecular weight is 1790 g/mol. The lowest BCUT2D eigenvalue weighted by atomic mass is 9.77. The normalized spacial score (nSPS) is 29.9. The molecule has 125 heavy (non-hydrogen) atoms. The van der Waals surface area contributed by atoms with Crippen LogP contribution >= 0.6 is 0 Å². The van der Waals surface area contributed by atoms with Gasteiger partial charge in [0.25, 0.3) is 0 Å². The van der Waals surface area contributed by atoms with E-state index in [2.05, 4.69) is 24.5 Å². The maximum Gasteiger partial charge on any atom is 0.243 e. The molecule has 12 saturated heterocycles. The predicted molar refractivity (Wildman–Crippen MR) is 454 cm³/mol. The summed E-state index contributed by atoms with van der Waals surface area (Å²) >= 11 is 0. The van der Waals surface area contributed by atoms with Crippen molar-refractivity contribution in [2.75, 3.05) is 131 Å². The maximum atomic E-state index is 14.2. The van der Waals surface area contributed by atoms with Crippen LogP contribution in [0.25, 0.3) is 0 Å². The van der Waals surface area contributed by atoms with E-state index in [1.165, 1.54) is 42.5 Å². The van der Waals surface area contributed by atoms with E-state index in [0.717, 1.165) is 223 Å². The number of carbonyl (C=O) groups is 2. The van der Waals surface area contributed by atoms with Crippen molar-refractivity contribution >= 4 is 31.9 Å². The van der Waals surface area contributed by atoms with Crippen molar-refractivity contribution in [2.45, 2.75) is 219 Å². The summed E-state index contributed by atoms with van der Waals surface area (Å²) < 4.78 is 189. The first-order valence-corrected chi connectivity index (χ1v) is 47.9. The quantitative estimate of drug-likeness (QED) is 0.0797. The van der Waals surface area contributed by atoms with Gasteiger partial charge in [-0.15, -0.1) is 0 Å². The Bertz CT molecular complexity index is 4890. The highest BCUT2D eigenvalue weighted by Gasteiger charge is 2.52. The second-order valence-electron chi connectivity index (χ2n) is 38.4. The van der Waals surface area contributed by atoms with Crippen molar-refractivity contribution in [3.63, 3.8) is 0 Å². The maximum absolute atomic E-state index is 14.2. The summed E-state index contributed by atoms with van der Waals surface area (Å²) in [6.45, 7) is 19.9. The number of nitriles is 1. The Balaban J connectivity index is 0.000000129. The van der Waals surface area contributed by atoms with Crippen molar-refractivity contribution in [3.8, 4) is 6.07 Å². The van der Waals surface area contributed by atoms with Crippen LogP contribution in [0.2, 0.25) is 0 Å². The Labute approximate surface area is 730 Å². The monoisotopic (exact) mass is 1790 g/mol. The van der Waals surface area contributed by atoms with Gasteiger partial charge in [-0.2, -0.15) is 9.57 Å². The molecule has 0 aromatic heterocycles. The van der Waals surface area contributed by atoms with E-state index in [1.54, 1.807) is 29.4 Å². The van der Waals surface area contributed by atoms with E-state index < -0.39 is 103 Å². The molecule has 12 heterocycles. The number of ether oxygens (including phenoxy) is 4. The molecule has 18 rings (SSSR count). The third-order valence-corrected chi connectivity index (χ3v) is 34.2. The van der Waals surface area contributed by atoms with E-state index in [4.69, 9.17) is 47.1 Å². The summed E-state index contributed by atoms with van der Waals surface area (Å²) in [6.07, 6.45) is 14.2. The fourth-order valence-electron chi connectivity index (χ4n) is 22.0. The number of hydrogen-bond acceptors (Lipinski definition) is 19. The molecule has 13 aliphatic rings. The van der Waals surface area contributed by atoms with Crippen molar-refractivity contribution in [1.82, 2.24) is 38.0 Å².